The second kappa shape index (κ2) is 5.84. The van der Waals surface area contributed by atoms with E-state index in [4.69, 9.17) is 4.74 Å². The average Bonchev–Trinajstić information content (AvgIpc) is 2.94. The first-order valence-corrected chi connectivity index (χ1v) is 7.69. The molecular weight excluding hydrogens is 274 g/mol. The van der Waals surface area contributed by atoms with E-state index in [1.165, 1.54) is 16.7 Å². The third kappa shape index (κ3) is 2.71. The molecule has 3 heteroatoms. The van der Waals surface area contributed by atoms with Crippen LogP contribution in [0.3, 0.4) is 0 Å². The molecule has 0 aromatic heterocycles. The van der Waals surface area contributed by atoms with Gasteiger partial charge in [0.2, 0.25) is 0 Å². The first-order chi connectivity index (χ1) is 10.6. The quantitative estimate of drug-likeness (QED) is 0.865. The smallest absolute Gasteiger partial charge is 0.267 e. The molecule has 3 nitrogen and oxygen atoms in total. The maximum absolute atomic E-state index is 12.7. The molecule has 1 amide bonds. The summed E-state index contributed by atoms with van der Waals surface area (Å²) in [6.07, 6.45) is 0.423. The molecule has 1 heterocycles. The third-order valence-corrected chi connectivity index (χ3v) is 4.29. The van der Waals surface area contributed by atoms with Crippen molar-refractivity contribution < 1.29 is 9.53 Å². The number of hydrogen-bond acceptors (Lipinski definition) is 2. The van der Waals surface area contributed by atoms with Crippen molar-refractivity contribution in [1.29, 1.82) is 0 Å². The zero-order valence-electron chi connectivity index (χ0n) is 13.3. The molecule has 1 atom stereocenters. The first-order valence-electron chi connectivity index (χ1n) is 7.69. The van der Waals surface area contributed by atoms with Gasteiger partial charge in [-0.1, -0.05) is 24.3 Å². The van der Waals surface area contributed by atoms with Crippen LogP contribution >= 0.6 is 0 Å². The molecule has 0 saturated heterocycles. The first kappa shape index (κ1) is 14.6. The Morgan fingerprint density at radius 2 is 1.91 bits per heavy atom. The summed E-state index contributed by atoms with van der Waals surface area (Å²) in [6.45, 7) is 6.66. The van der Waals surface area contributed by atoms with Gasteiger partial charge in [0.25, 0.3) is 5.91 Å². The zero-order chi connectivity index (χ0) is 15.7. The van der Waals surface area contributed by atoms with Gasteiger partial charge in [-0.15, -0.1) is 0 Å². The fourth-order valence-corrected chi connectivity index (χ4v) is 2.83. The minimum Gasteiger partial charge on any atom is -0.481 e. The molecule has 0 spiro atoms. The molecule has 0 fully saturated rings. The zero-order valence-corrected chi connectivity index (χ0v) is 13.3. The molecule has 3 rings (SSSR count). The number of fused-ring (bicyclic) bond motifs is 1. The molecule has 0 saturated carbocycles. The van der Waals surface area contributed by atoms with Crippen LogP contribution in [0.4, 0.5) is 5.69 Å². The number of para-hydroxylation sites is 1. The molecule has 1 aliphatic rings. The summed E-state index contributed by atoms with van der Waals surface area (Å²) in [5.74, 6) is 0.764. The summed E-state index contributed by atoms with van der Waals surface area (Å²) in [4.78, 5) is 14.5. The van der Waals surface area contributed by atoms with Crippen molar-refractivity contribution in [2.24, 2.45) is 0 Å². The van der Waals surface area contributed by atoms with Crippen LogP contribution in [-0.4, -0.2) is 18.6 Å². The number of carbonyl (C=O) groups excluding carboxylic acids is 1. The molecule has 114 valence electrons. The molecule has 0 aliphatic carbocycles. The Morgan fingerprint density at radius 3 is 2.68 bits per heavy atom. The van der Waals surface area contributed by atoms with Crippen molar-refractivity contribution >= 4 is 11.6 Å². The number of benzene rings is 2. The minimum absolute atomic E-state index is 0.0168. The van der Waals surface area contributed by atoms with Crippen molar-refractivity contribution in [2.75, 3.05) is 11.4 Å². The molecule has 0 N–H and O–H groups in total. The van der Waals surface area contributed by atoms with Crippen molar-refractivity contribution in [3.8, 4) is 5.75 Å². The number of aryl methyl sites for hydroxylation is 2. The summed E-state index contributed by atoms with van der Waals surface area (Å²) in [5, 5.41) is 0. The number of ether oxygens (including phenoxy) is 1. The lowest BCUT2D eigenvalue weighted by Gasteiger charge is -2.22. The van der Waals surface area contributed by atoms with Crippen LogP contribution in [0.1, 0.15) is 23.6 Å². The van der Waals surface area contributed by atoms with Gasteiger partial charge in [-0.3, -0.25) is 4.79 Å². The number of anilines is 1. The van der Waals surface area contributed by atoms with Crippen molar-refractivity contribution in [3.63, 3.8) is 0 Å². The van der Waals surface area contributed by atoms with Crippen LogP contribution in [-0.2, 0) is 11.2 Å². The van der Waals surface area contributed by atoms with Crippen LogP contribution in [0, 0.1) is 13.8 Å². The van der Waals surface area contributed by atoms with Crippen LogP contribution in [0.25, 0.3) is 0 Å². The molecule has 0 unspecified atom stereocenters. The molecule has 1 aliphatic heterocycles. The van der Waals surface area contributed by atoms with Crippen molar-refractivity contribution in [2.45, 2.75) is 33.3 Å². The number of rotatable bonds is 3. The largest absolute Gasteiger partial charge is 0.481 e. The molecule has 2 aromatic carbocycles. The van der Waals surface area contributed by atoms with Gasteiger partial charge in [0.1, 0.15) is 5.75 Å². The van der Waals surface area contributed by atoms with Gasteiger partial charge in [-0.05, 0) is 62.1 Å². The Hall–Kier alpha value is -2.29. The second-order valence-electron chi connectivity index (χ2n) is 5.87. The van der Waals surface area contributed by atoms with E-state index in [1.54, 1.807) is 0 Å². The number of amides is 1. The van der Waals surface area contributed by atoms with E-state index in [0.717, 1.165) is 24.4 Å². The topological polar surface area (TPSA) is 29.5 Å². The fourth-order valence-electron chi connectivity index (χ4n) is 2.83. The summed E-state index contributed by atoms with van der Waals surface area (Å²) in [6, 6.07) is 14.0. The van der Waals surface area contributed by atoms with E-state index in [9.17, 15) is 4.79 Å². The van der Waals surface area contributed by atoms with Gasteiger partial charge in [0, 0.05) is 12.2 Å². The predicted octanol–water partition coefficient (Wildman–Crippen LogP) is 3.66. The molecule has 0 bridgehead atoms. The highest BCUT2D eigenvalue weighted by atomic mass is 16.5. The molecule has 2 aromatic rings. The lowest BCUT2D eigenvalue weighted by molar-refractivity contribution is -0.124. The van der Waals surface area contributed by atoms with E-state index in [2.05, 4.69) is 13.0 Å². The maximum Gasteiger partial charge on any atom is 0.267 e. The monoisotopic (exact) mass is 295 g/mol. The Kier molecular flexibility index (Phi) is 3.88. The lowest BCUT2D eigenvalue weighted by atomic mass is 10.1. The average molecular weight is 295 g/mol. The Labute approximate surface area is 131 Å². The lowest BCUT2D eigenvalue weighted by Crippen LogP contribution is -2.39. The second-order valence-corrected chi connectivity index (χ2v) is 5.87. The summed E-state index contributed by atoms with van der Waals surface area (Å²) in [5.41, 5.74) is 4.64. The summed E-state index contributed by atoms with van der Waals surface area (Å²) in [7, 11) is 0. The van der Waals surface area contributed by atoms with Gasteiger partial charge in [0.15, 0.2) is 6.10 Å². The van der Waals surface area contributed by atoms with Gasteiger partial charge in [-0.25, -0.2) is 0 Å². The number of nitrogens with zero attached hydrogens (tertiary/aromatic N) is 1. The van der Waals surface area contributed by atoms with Crippen LogP contribution in [0.15, 0.2) is 42.5 Å². The van der Waals surface area contributed by atoms with Gasteiger partial charge < -0.3 is 9.64 Å². The summed E-state index contributed by atoms with van der Waals surface area (Å²) >= 11 is 0. The number of hydrogen-bond donors (Lipinski definition) is 0. The van der Waals surface area contributed by atoms with Crippen molar-refractivity contribution in [1.82, 2.24) is 0 Å². The third-order valence-electron chi connectivity index (χ3n) is 4.29. The number of carbonyl (C=O) groups is 1. The SMILES string of the molecule is Cc1ccc(O[C@H](C)C(=O)N2CCc3ccccc32)cc1C. The van der Waals surface area contributed by atoms with Gasteiger partial charge >= 0.3 is 0 Å². The molecule has 22 heavy (non-hydrogen) atoms. The van der Waals surface area contributed by atoms with E-state index >= 15 is 0 Å². The van der Waals surface area contributed by atoms with E-state index in [1.807, 2.05) is 55.1 Å². The highest BCUT2D eigenvalue weighted by Crippen LogP contribution is 2.28. The van der Waals surface area contributed by atoms with E-state index < -0.39 is 6.10 Å². The predicted molar refractivity (Wildman–Crippen MR) is 88.5 cm³/mol. The maximum atomic E-state index is 12.7. The normalized spacial score (nSPS) is 14.6. The summed E-state index contributed by atoms with van der Waals surface area (Å²) < 4.78 is 5.85. The highest BCUT2D eigenvalue weighted by molar-refractivity contribution is 5.98. The minimum atomic E-state index is -0.492. The van der Waals surface area contributed by atoms with Crippen LogP contribution in [0.5, 0.6) is 5.75 Å². The Morgan fingerprint density at radius 1 is 1.14 bits per heavy atom. The molecule has 0 radical (unpaired) electrons. The molecular formula is C19H21NO2. The van der Waals surface area contributed by atoms with Crippen molar-refractivity contribution in [3.05, 3.63) is 59.2 Å². The highest BCUT2D eigenvalue weighted by Gasteiger charge is 2.28. The fraction of sp³-hybridized carbons (Fsp3) is 0.316. The van der Waals surface area contributed by atoms with E-state index in [0.29, 0.717) is 0 Å². The van der Waals surface area contributed by atoms with E-state index in [-0.39, 0.29) is 5.91 Å². The van der Waals surface area contributed by atoms with Crippen LogP contribution < -0.4 is 9.64 Å². The van der Waals surface area contributed by atoms with Gasteiger partial charge in [0.05, 0.1) is 0 Å². The Balaban J connectivity index is 1.74. The Bertz CT molecular complexity index is 708. The standard InChI is InChI=1S/C19H21NO2/c1-13-8-9-17(12-14(13)2)22-15(3)19(21)20-11-10-16-6-4-5-7-18(16)20/h4-9,12,15H,10-11H2,1-3H3/t15-/m1/s1. The van der Waals surface area contributed by atoms with Gasteiger partial charge in [-0.2, -0.15) is 0 Å². The van der Waals surface area contributed by atoms with Crippen LogP contribution in [0.2, 0.25) is 0 Å².